The maximum absolute atomic E-state index is 11.7. The molecule has 4 rings (SSSR count). The molecule has 0 spiro atoms. The fraction of sp³-hybridized carbons (Fsp3) is 0.353. The summed E-state index contributed by atoms with van der Waals surface area (Å²) < 4.78 is 8.53. The molecule has 25 heavy (non-hydrogen) atoms. The number of hydrogen-bond acceptors (Lipinski definition) is 5. The molecule has 0 bridgehead atoms. The van der Waals surface area contributed by atoms with E-state index < -0.39 is 0 Å². The summed E-state index contributed by atoms with van der Waals surface area (Å²) in [6.07, 6.45) is 2.99. The number of nitriles is 1. The molecule has 0 aliphatic carbocycles. The maximum atomic E-state index is 11.7. The molecule has 0 unspecified atom stereocenters. The molecule has 0 amide bonds. The van der Waals surface area contributed by atoms with E-state index in [2.05, 4.69) is 27.1 Å². The number of rotatable bonds is 1. The highest BCUT2D eigenvalue weighted by Gasteiger charge is 2.30. The van der Waals surface area contributed by atoms with Crippen molar-refractivity contribution >= 4 is 39.0 Å². The molecule has 1 saturated heterocycles. The first kappa shape index (κ1) is 16.4. The van der Waals surface area contributed by atoms with Gasteiger partial charge in [-0.15, -0.1) is 0 Å². The van der Waals surface area contributed by atoms with Gasteiger partial charge in [-0.1, -0.05) is 11.6 Å². The second kappa shape index (κ2) is 6.36. The van der Waals surface area contributed by atoms with Crippen LogP contribution in [0.15, 0.2) is 16.7 Å². The zero-order valence-corrected chi connectivity index (χ0v) is 15.6. The van der Waals surface area contributed by atoms with E-state index in [-0.39, 0.29) is 5.78 Å². The van der Waals surface area contributed by atoms with Crippen molar-refractivity contribution < 1.29 is 9.53 Å². The molecular formula is C17H14BrClN4O2. The fourth-order valence-electron chi connectivity index (χ4n) is 3.35. The first-order valence-electron chi connectivity index (χ1n) is 7.98. The zero-order chi connectivity index (χ0) is 17.6. The molecule has 0 saturated carbocycles. The van der Waals surface area contributed by atoms with Crippen LogP contribution in [0, 0.1) is 11.3 Å². The number of aryl methyl sites for hydroxylation is 1. The topological polar surface area (TPSA) is 71.2 Å². The number of nitrogens with zero attached hydrogens (tertiary/aromatic N) is 4. The molecular weight excluding hydrogens is 408 g/mol. The van der Waals surface area contributed by atoms with E-state index in [1.54, 1.807) is 12.3 Å². The minimum atomic E-state index is 0.161. The summed E-state index contributed by atoms with van der Waals surface area (Å²) in [5, 5.41) is 14.7. The normalized spacial score (nSPS) is 16.5. The Labute approximate surface area is 158 Å². The van der Waals surface area contributed by atoms with Crippen molar-refractivity contribution in [1.82, 2.24) is 9.78 Å². The highest BCUT2D eigenvalue weighted by Crippen LogP contribution is 2.46. The average molecular weight is 422 g/mol. The van der Waals surface area contributed by atoms with E-state index in [1.807, 2.05) is 9.58 Å². The first-order valence-corrected chi connectivity index (χ1v) is 9.15. The number of halogens is 2. The van der Waals surface area contributed by atoms with Crippen LogP contribution in [0.4, 0.5) is 5.69 Å². The number of ketones is 1. The van der Waals surface area contributed by atoms with E-state index in [0.717, 1.165) is 16.6 Å². The summed E-state index contributed by atoms with van der Waals surface area (Å²) in [5.41, 5.74) is 2.54. The van der Waals surface area contributed by atoms with Crippen molar-refractivity contribution in [3.63, 3.8) is 0 Å². The van der Waals surface area contributed by atoms with Crippen LogP contribution in [0.1, 0.15) is 18.4 Å². The van der Waals surface area contributed by atoms with Crippen LogP contribution >= 0.6 is 27.5 Å². The number of carbonyl (C=O) groups excluding carboxylic acids is 1. The summed E-state index contributed by atoms with van der Waals surface area (Å²) in [5.74, 6) is 0.656. The average Bonchev–Trinajstić information content (AvgIpc) is 3.15. The molecule has 6 nitrogen and oxygen atoms in total. The minimum Gasteiger partial charge on any atom is -0.491 e. The van der Waals surface area contributed by atoms with Gasteiger partial charge in [0.15, 0.2) is 5.78 Å². The number of benzene rings is 1. The summed E-state index contributed by atoms with van der Waals surface area (Å²) in [6.45, 7) is 2.07. The number of ether oxygens (including phenoxy) is 1. The molecule has 2 aliphatic heterocycles. The molecule has 128 valence electrons. The third kappa shape index (κ3) is 2.70. The van der Waals surface area contributed by atoms with Gasteiger partial charge in [0.1, 0.15) is 11.8 Å². The minimum absolute atomic E-state index is 0.161. The number of Topliss-reactive ketones (excluding diaryl/α,β-unsaturated/α-hetero) is 1. The summed E-state index contributed by atoms with van der Waals surface area (Å²) >= 11 is 10.0. The first-order chi connectivity index (χ1) is 12.1. The van der Waals surface area contributed by atoms with E-state index in [9.17, 15) is 10.1 Å². The van der Waals surface area contributed by atoms with Gasteiger partial charge >= 0.3 is 0 Å². The second-order valence-electron chi connectivity index (χ2n) is 6.04. The van der Waals surface area contributed by atoms with Gasteiger partial charge in [0, 0.05) is 25.9 Å². The lowest BCUT2D eigenvalue weighted by molar-refractivity contribution is -0.116. The third-order valence-electron chi connectivity index (χ3n) is 4.49. The summed E-state index contributed by atoms with van der Waals surface area (Å²) in [7, 11) is 0. The molecule has 3 heterocycles. The monoisotopic (exact) mass is 420 g/mol. The highest BCUT2D eigenvalue weighted by molar-refractivity contribution is 9.10. The fourth-order valence-corrected chi connectivity index (χ4v) is 4.10. The molecule has 2 aliphatic rings. The highest BCUT2D eigenvalue weighted by atomic mass is 79.9. The number of hydrogen-bond donors (Lipinski definition) is 0. The molecule has 1 fully saturated rings. The Morgan fingerprint density at radius 3 is 2.96 bits per heavy atom. The summed E-state index contributed by atoms with van der Waals surface area (Å²) in [6, 6.07) is 4.03. The van der Waals surface area contributed by atoms with Crippen molar-refractivity contribution in [2.75, 3.05) is 24.6 Å². The SMILES string of the molecule is N#Cc1c(N2CCC(=O)C2)cc(Cl)c2c1-c1c(Br)cnn1CCCO2. The van der Waals surface area contributed by atoms with Crippen LogP contribution in [0.2, 0.25) is 5.02 Å². The van der Waals surface area contributed by atoms with Gasteiger partial charge < -0.3 is 9.64 Å². The van der Waals surface area contributed by atoms with Crippen LogP contribution in [-0.4, -0.2) is 35.3 Å². The smallest absolute Gasteiger partial charge is 0.153 e. The van der Waals surface area contributed by atoms with Gasteiger partial charge in [-0.25, -0.2) is 0 Å². The molecule has 0 atom stereocenters. The van der Waals surface area contributed by atoms with Crippen molar-refractivity contribution in [2.45, 2.75) is 19.4 Å². The molecule has 0 N–H and O–H groups in total. The Morgan fingerprint density at radius 1 is 1.40 bits per heavy atom. The Balaban J connectivity index is 2.01. The van der Waals surface area contributed by atoms with Gasteiger partial charge in [0.2, 0.25) is 0 Å². The lowest BCUT2D eigenvalue weighted by Gasteiger charge is -2.25. The number of fused-ring (bicyclic) bond motifs is 3. The predicted molar refractivity (Wildman–Crippen MR) is 97.0 cm³/mol. The van der Waals surface area contributed by atoms with Crippen molar-refractivity contribution in [3.8, 4) is 23.1 Å². The van der Waals surface area contributed by atoms with Crippen LogP contribution in [0.3, 0.4) is 0 Å². The Hall–Kier alpha value is -2.04. The van der Waals surface area contributed by atoms with E-state index >= 15 is 0 Å². The molecule has 8 heteroatoms. The number of carbonyl (C=O) groups is 1. The second-order valence-corrected chi connectivity index (χ2v) is 7.31. The van der Waals surface area contributed by atoms with Crippen LogP contribution in [-0.2, 0) is 11.3 Å². The van der Waals surface area contributed by atoms with Gasteiger partial charge in [-0.3, -0.25) is 9.48 Å². The van der Waals surface area contributed by atoms with E-state index in [4.69, 9.17) is 16.3 Å². The maximum Gasteiger partial charge on any atom is 0.153 e. The third-order valence-corrected chi connectivity index (χ3v) is 5.35. The standard InChI is InChI=1S/C17H14BrClN4O2/c18-12-8-21-23-3-1-5-25-17-13(19)6-14(22-4-2-10(24)9-22)11(7-20)15(17)16(12)23/h6,8H,1-5,9H2. The molecule has 1 aromatic heterocycles. The molecule has 2 aromatic rings. The van der Waals surface area contributed by atoms with Crippen LogP contribution in [0.25, 0.3) is 11.3 Å². The number of aromatic nitrogens is 2. The Kier molecular flexibility index (Phi) is 4.18. The number of anilines is 1. The van der Waals surface area contributed by atoms with Gasteiger partial charge in [0.25, 0.3) is 0 Å². The lowest BCUT2D eigenvalue weighted by Crippen LogP contribution is -2.22. The van der Waals surface area contributed by atoms with E-state index in [0.29, 0.717) is 60.2 Å². The summed E-state index contributed by atoms with van der Waals surface area (Å²) in [4.78, 5) is 13.6. The molecule has 1 aromatic carbocycles. The Morgan fingerprint density at radius 2 is 2.24 bits per heavy atom. The Bertz CT molecular complexity index is 918. The quantitative estimate of drug-likeness (QED) is 0.706. The van der Waals surface area contributed by atoms with Crippen molar-refractivity contribution in [2.24, 2.45) is 0 Å². The predicted octanol–water partition coefficient (Wildman–Crippen LogP) is 3.40. The van der Waals surface area contributed by atoms with Crippen molar-refractivity contribution in [1.29, 1.82) is 5.26 Å². The van der Waals surface area contributed by atoms with Gasteiger partial charge in [0.05, 0.1) is 51.4 Å². The van der Waals surface area contributed by atoms with Gasteiger partial charge in [-0.05, 0) is 22.0 Å². The zero-order valence-electron chi connectivity index (χ0n) is 13.3. The molecule has 0 radical (unpaired) electrons. The van der Waals surface area contributed by atoms with E-state index in [1.165, 1.54) is 0 Å². The van der Waals surface area contributed by atoms with Gasteiger partial charge in [-0.2, -0.15) is 10.4 Å². The van der Waals surface area contributed by atoms with Crippen molar-refractivity contribution in [3.05, 3.63) is 27.3 Å². The van der Waals surface area contributed by atoms with Crippen LogP contribution in [0.5, 0.6) is 5.75 Å². The largest absolute Gasteiger partial charge is 0.491 e. The van der Waals surface area contributed by atoms with Crippen LogP contribution < -0.4 is 9.64 Å². The lowest BCUT2D eigenvalue weighted by atomic mass is 10.0.